The van der Waals surface area contributed by atoms with Crippen LogP contribution in [0.2, 0.25) is 5.02 Å². The number of nitrogens with two attached hydrogens (primary N) is 1. The molecule has 34 heavy (non-hydrogen) atoms. The van der Waals surface area contributed by atoms with Gasteiger partial charge in [-0.25, -0.2) is 4.98 Å². The lowest BCUT2D eigenvalue weighted by Crippen LogP contribution is -2.12. The van der Waals surface area contributed by atoms with Gasteiger partial charge in [0, 0.05) is 55.5 Å². The maximum Gasteiger partial charge on any atom is 0.267 e. The number of carbonyl (C=O) groups is 1. The Bertz CT molecular complexity index is 1520. The molecule has 2 aromatic carbocycles. The fraction of sp³-hybridized carbons (Fsp3) is 0.0400. The highest BCUT2D eigenvalue weighted by molar-refractivity contribution is 6.33. The molecule has 3 aromatic heterocycles. The Morgan fingerprint density at radius 2 is 1.82 bits per heavy atom. The van der Waals surface area contributed by atoms with Crippen molar-refractivity contribution in [1.82, 2.24) is 19.5 Å². The van der Waals surface area contributed by atoms with Crippen LogP contribution in [-0.2, 0) is 7.05 Å². The molecule has 5 rings (SSSR count). The molecule has 3 N–H and O–H groups in total. The van der Waals surface area contributed by atoms with Gasteiger partial charge in [-0.1, -0.05) is 11.6 Å². The number of amides is 1. The van der Waals surface area contributed by atoms with Gasteiger partial charge in [0.1, 0.15) is 17.2 Å². The largest absolute Gasteiger partial charge is 0.457 e. The molecule has 0 unspecified atom stereocenters. The quantitative estimate of drug-likeness (QED) is 0.334. The standard InChI is InChI=1S/C25H19ClN6O2.H2/c1-32-23-5-3-17(34-18-8-11-29-22(14-18)24(27)33)13-21(23)31-25(32)30-16-2-4-20(26)19(12-16)15-6-9-28-10-7-15;/h2-14H,1H3,(H2,27,33)(H,30,31);1H. The lowest BCUT2D eigenvalue weighted by molar-refractivity contribution is 0.0995. The van der Waals surface area contributed by atoms with Gasteiger partial charge in [-0.3, -0.25) is 14.8 Å². The van der Waals surface area contributed by atoms with E-state index in [1.807, 2.05) is 60.1 Å². The summed E-state index contributed by atoms with van der Waals surface area (Å²) in [6.07, 6.45) is 4.94. The number of pyridine rings is 2. The summed E-state index contributed by atoms with van der Waals surface area (Å²) in [4.78, 5) is 24.1. The Morgan fingerprint density at radius 1 is 1.03 bits per heavy atom. The second kappa shape index (κ2) is 8.84. The number of halogens is 1. The summed E-state index contributed by atoms with van der Waals surface area (Å²) in [5, 5.41) is 4.02. The van der Waals surface area contributed by atoms with Crippen LogP contribution in [0.1, 0.15) is 11.9 Å². The number of hydrogen-bond acceptors (Lipinski definition) is 6. The summed E-state index contributed by atoms with van der Waals surface area (Å²) >= 11 is 6.43. The van der Waals surface area contributed by atoms with Crippen molar-refractivity contribution in [2.45, 2.75) is 0 Å². The van der Waals surface area contributed by atoms with Gasteiger partial charge in [-0.2, -0.15) is 0 Å². The lowest BCUT2D eigenvalue weighted by Gasteiger charge is -2.10. The number of carbonyl (C=O) groups excluding carboxylic acids is 1. The van der Waals surface area contributed by atoms with E-state index in [-0.39, 0.29) is 7.12 Å². The smallest absolute Gasteiger partial charge is 0.267 e. The maximum atomic E-state index is 11.4. The number of benzene rings is 2. The molecule has 0 spiro atoms. The van der Waals surface area contributed by atoms with Gasteiger partial charge in [-0.05, 0) is 54.1 Å². The van der Waals surface area contributed by atoms with E-state index >= 15 is 0 Å². The molecule has 0 atom stereocenters. The molecule has 5 aromatic rings. The lowest BCUT2D eigenvalue weighted by atomic mass is 10.1. The first kappa shape index (κ1) is 21.4. The number of fused-ring (bicyclic) bond motifs is 1. The molecule has 0 radical (unpaired) electrons. The number of hydrogen-bond donors (Lipinski definition) is 2. The van der Waals surface area contributed by atoms with Gasteiger partial charge < -0.3 is 20.4 Å². The molecule has 0 aliphatic heterocycles. The monoisotopic (exact) mass is 472 g/mol. The van der Waals surface area contributed by atoms with Crippen LogP contribution >= 0.6 is 11.6 Å². The molecule has 0 aliphatic carbocycles. The van der Waals surface area contributed by atoms with Crippen molar-refractivity contribution in [2.24, 2.45) is 12.8 Å². The molecular weight excluding hydrogens is 452 g/mol. The maximum absolute atomic E-state index is 11.4. The second-order valence-electron chi connectivity index (χ2n) is 7.54. The Balaban J connectivity index is 0.00000289. The van der Waals surface area contributed by atoms with E-state index in [9.17, 15) is 4.79 Å². The minimum Gasteiger partial charge on any atom is -0.457 e. The van der Waals surface area contributed by atoms with Gasteiger partial charge in [-0.15, -0.1) is 0 Å². The first-order valence-corrected chi connectivity index (χ1v) is 10.7. The van der Waals surface area contributed by atoms with Crippen molar-refractivity contribution in [2.75, 3.05) is 5.32 Å². The fourth-order valence-electron chi connectivity index (χ4n) is 3.59. The molecule has 0 saturated carbocycles. The van der Waals surface area contributed by atoms with Gasteiger partial charge in [0.05, 0.1) is 11.0 Å². The van der Waals surface area contributed by atoms with Crippen molar-refractivity contribution in [1.29, 1.82) is 0 Å². The zero-order valence-corrected chi connectivity index (χ0v) is 18.8. The topological polar surface area (TPSA) is 108 Å². The van der Waals surface area contributed by atoms with Crippen LogP contribution in [-0.4, -0.2) is 25.4 Å². The van der Waals surface area contributed by atoms with Crippen LogP contribution < -0.4 is 15.8 Å². The summed E-state index contributed by atoms with van der Waals surface area (Å²) in [6, 6.07) is 18.3. The SMILES string of the molecule is Cn1c(Nc2ccc(Cl)c(-c3ccncc3)c2)nc2cc(Oc3ccnc(C(N)=O)c3)ccc21.[HH]. The van der Waals surface area contributed by atoms with Gasteiger partial charge >= 0.3 is 0 Å². The highest BCUT2D eigenvalue weighted by atomic mass is 35.5. The molecule has 0 aliphatic rings. The zero-order valence-electron chi connectivity index (χ0n) is 18.1. The highest BCUT2D eigenvalue weighted by Crippen LogP contribution is 2.32. The minimum atomic E-state index is -0.615. The average molecular weight is 473 g/mol. The summed E-state index contributed by atoms with van der Waals surface area (Å²) in [7, 11) is 1.93. The van der Waals surface area contributed by atoms with E-state index in [0.29, 0.717) is 22.5 Å². The predicted octanol–water partition coefficient (Wildman–Crippen LogP) is 5.56. The van der Waals surface area contributed by atoms with E-state index in [1.54, 1.807) is 18.5 Å². The Labute approximate surface area is 201 Å². The Hall–Kier alpha value is -4.43. The number of ether oxygens (including phenoxy) is 1. The van der Waals surface area contributed by atoms with Crippen molar-refractivity contribution in [3.63, 3.8) is 0 Å². The van der Waals surface area contributed by atoms with Crippen molar-refractivity contribution >= 4 is 40.2 Å². The Morgan fingerprint density at radius 3 is 2.62 bits per heavy atom. The summed E-state index contributed by atoms with van der Waals surface area (Å²) in [5.41, 5.74) is 9.83. The first-order valence-electron chi connectivity index (χ1n) is 10.3. The molecule has 0 bridgehead atoms. The van der Waals surface area contributed by atoms with Crippen molar-refractivity contribution < 1.29 is 11.0 Å². The molecule has 3 heterocycles. The van der Waals surface area contributed by atoms with Crippen molar-refractivity contribution in [3.05, 3.63) is 90.0 Å². The number of nitrogens with one attached hydrogen (secondary N) is 1. The summed E-state index contributed by atoms with van der Waals surface area (Å²) in [6.45, 7) is 0. The second-order valence-corrected chi connectivity index (χ2v) is 7.95. The predicted molar refractivity (Wildman–Crippen MR) is 134 cm³/mol. The molecule has 1 amide bonds. The van der Waals surface area contributed by atoms with Crippen LogP contribution in [0.4, 0.5) is 11.6 Å². The zero-order chi connectivity index (χ0) is 23.7. The molecule has 170 valence electrons. The highest BCUT2D eigenvalue weighted by Gasteiger charge is 2.12. The number of imidazole rings is 1. The van der Waals surface area contributed by atoms with Gasteiger partial charge in [0.25, 0.3) is 5.91 Å². The van der Waals surface area contributed by atoms with Crippen LogP contribution in [0.5, 0.6) is 11.5 Å². The minimum absolute atomic E-state index is 0. The number of rotatable bonds is 6. The molecule has 0 saturated heterocycles. The van der Waals surface area contributed by atoms with E-state index in [1.165, 1.54) is 12.3 Å². The normalized spacial score (nSPS) is 10.9. The fourth-order valence-corrected chi connectivity index (χ4v) is 3.81. The molecular formula is C25H21ClN6O2. The van der Waals surface area contributed by atoms with Crippen LogP contribution in [0.15, 0.2) is 79.3 Å². The van der Waals surface area contributed by atoms with E-state index < -0.39 is 5.91 Å². The van der Waals surface area contributed by atoms with Gasteiger partial charge in [0.2, 0.25) is 5.95 Å². The summed E-state index contributed by atoms with van der Waals surface area (Å²) < 4.78 is 7.84. The first-order chi connectivity index (χ1) is 16.5. The third-order valence-electron chi connectivity index (χ3n) is 5.29. The van der Waals surface area contributed by atoms with E-state index in [4.69, 9.17) is 27.1 Å². The molecule has 8 nitrogen and oxygen atoms in total. The third kappa shape index (κ3) is 4.26. The third-order valence-corrected chi connectivity index (χ3v) is 5.62. The number of nitrogens with zero attached hydrogens (tertiary/aromatic N) is 4. The number of anilines is 2. The van der Waals surface area contributed by atoms with Crippen molar-refractivity contribution in [3.8, 4) is 22.6 Å². The van der Waals surface area contributed by atoms with E-state index in [2.05, 4.69) is 15.3 Å². The number of aryl methyl sites for hydroxylation is 1. The molecule has 9 heteroatoms. The number of aromatic nitrogens is 4. The van der Waals surface area contributed by atoms with Crippen LogP contribution in [0, 0.1) is 0 Å². The summed E-state index contributed by atoms with van der Waals surface area (Å²) in [5.74, 6) is 1.08. The van der Waals surface area contributed by atoms with Gasteiger partial charge in [0.15, 0.2) is 0 Å². The van der Waals surface area contributed by atoms with Crippen LogP contribution in [0.25, 0.3) is 22.2 Å². The average Bonchev–Trinajstić information content (AvgIpc) is 3.15. The van der Waals surface area contributed by atoms with E-state index in [0.717, 1.165) is 27.8 Å². The Kier molecular flexibility index (Phi) is 5.57. The molecule has 0 fully saturated rings. The van der Waals surface area contributed by atoms with Crippen LogP contribution in [0.3, 0.4) is 0 Å². The number of primary amides is 1.